The van der Waals surface area contributed by atoms with Crippen LogP contribution in [0.25, 0.3) is 0 Å². The van der Waals surface area contributed by atoms with Gasteiger partial charge < -0.3 is 17.2 Å². The van der Waals surface area contributed by atoms with Crippen molar-refractivity contribution in [1.29, 1.82) is 0 Å². The molecule has 0 spiro atoms. The Hall–Kier alpha value is -1.41. The van der Waals surface area contributed by atoms with Crippen LogP contribution in [0.1, 0.15) is 39.1 Å². The zero-order valence-corrected chi connectivity index (χ0v) is 17.6. The molecule has 2 aliphatic rings. The molecule has 1 heterocycles. The van der Waals surface area contributed by atoms with Crippen LogP contribution < -0.4 is 45.5 Å². The van der Waals surface area contributed by atoms with E-state index in [1.165, 1.54) is 6.42 Å². The van der Waals surface area contributed by atoms with Crippen molar-refractivity contribution in [3.63, 3.8) is 0 Å². The standard InChI is InChI=1S/C19H25N3O4.Na.H/c23-17(20-13-9-5-2-6-10-13)14(11-12-7-3-1-4-8-12)21-18(24)15-16(22-15)19(25)26;;/h1,3-4,7-8,13-16,22H,2,5-6,9-11H2,(H,20,23)(H,21,24)(H,25,26);;/q;+1;-1/t14-,15-,16-;;/m0../s1. The summed E-state index contributed by atoms with van der Waals surface area (Å²) >= 11 is 0. The van der Waals surface area contributed by atoms with Gasteiger partial charge in [0.1, 0.15) is 18.1 Å². The molecule has 7 nitrogen and oxygen atoms in total. The third-order valence-electron chi connectivity index (χ3n) is 5.00. The molecule has 3 atom stereocenters. The zero-order valence-electron chi connectivity index (χ0n) is 16.6. The normalized spacial score (nSPS) is 22.8. The van der Waals surface area contributed by atoms with Crippen LogP contribution in [0, 0.1) is 0 Å². The van der Waals surface area contributed by atoms with E-state index in [0.29, 0.717) is 6.42 Å². The van der Waals surface area contributed by atoms with Gasteiger partial charge in [-0.1, -0.05) is 49.6 Å². The summed E-state index contributed by atoms with van der Waals surface area (Å²) in [5.74, 6) is -1.71. The Kier molecular flexibility index (Phi) is 8.28. The quantitative estimate of drug-likeness (QED) is 0.312. The number of benzene rings is 1. The van der Waals surface area contributed by atoms with Crippen LogP contribution >= 0.6 is 0 Å². The molecule has 1 saturated carbocycles. The molecule has 2 amide bonds. The number of rotatable bonds is 7. The first-order chi connectivity index (χ1) is 12.5. The number of carboxylic acid groups (broad SMARTS) is 1. The summed E-state index contributed by atoms with van der Waals surface area (Å²) in [6.07, 6.45) is 5.70. The minimum atomic E-state index is -1.06. The molecular weight excluding hydrogens is 357 g/mol. The zero-order chi connectivity index (χ0) is 18.5. The number of hydrogen-bond donors (Lipinski definition) is 4. The molecule has 1 aliphatic carbocycles. The molecular formula is C19H26N3NaO4. The van der Waals surface area contributed by atoms with Gasteiger partial charge in [0.2, 0.25) is 11.8 Å². The first-order valence-corrected chi connectivity index (χ1v) is 9.18. The number of aliphatic carboxylic acids is 1. The van der Waals surface area contributed by atoms with Crippen molar-refractivity contribution in [3.8, 4) is 0 Å². The second-order valence-corrected chi connectivity index (χ2v) is 7.05. The maximum Gasteiger partial charge on any atom is 1.00 e. The van der Waals surface area contributed by atoms with E-state index in [1.54, 1.807) is 0 Å². The maximum absolute atomic E-state index is 12.7. The summed E-state index contributed by atoms with van der Waals surface area (Å²) in [6.45, 7) is 0. The van der Waals surface area contributed by atoms with Crippen molar-refractivity contribution in [1.82, 2.24) is 16.0 Å². The van der Waals surface area contributed by atoms with Gasteiger partial charge in [0.25, 0.3) is 0 Å². The second-order valence-electron chi connectivity index (χ2n) is 7.05. The van der Waals surface area contributed by atoms with E-state index in [4.69, 9.17) is 5.11 Å². The van der Waals surface area contributed by atoms with Crippen LogP contribution in [0.15, 0.2) is 30.3 Å². The van der Waals surface area contributed by atoms with Crippen LogP contribution in [0.5, 0.6) is 0 Å². The van der Waals surface area contributed by atoms with Gasteiger partial charge in [-0.05, 0) is 18.4 Å². The van der Waals surface area contributed by atoms with Gasteiger partial charge in [-0.15, -0.1) is 0 Å². The van der Waals surface area contributed by atoms with Gasteiger partial charge in [0, 0.05) is 12.5 Å². The first kappa shape index (κ1) is 21.9. The number of carbonyl (C=O) groups is 3. The molecule has 8 heteroatoms. The van der Waals surface area contributed by atoms with Crippen molar-refractivity contribution in [2.75, 3.05) is 0 Å². The van der Waals surface area contributed by atoms with Crippen LogP contribution in [0.4, 0.5) is 0 Å². The average Bonchev–Trinajstić information content (AvgIpc) is 3.44. The van der Waals surface area contributed by atoms with Crippen molar-refractivity contribution < 1.29 is 50.5 Å². The Labute approximate surface area is 182 Å². The molecule has 0 radical (unpaired) electrons. The smallest absolute Gasteiger partial charge is 1.00 e. The van der Waals surface area contributed by atoms with E-state index in [0.717, 1.165) is 31.2 Å². The predicted molar refractivity (Wildman–Crippen MR) is 96.6 cm³/mol. The number of hydrogen-bond acceptors (Lipinski definition) is 4. The van der Waals surface area contributed by atoms with Gasteiger partial charge in [0.15, 0.2) is 0 Å². The van der Waals surface area contributed by atoms with Gasteiger partial charge in [-0.25, -0.2) is 0 Å². The molecule has 3 rings (SSSR count). The average molecular weight is 383 g/mol. The Balaban J connectivity index is 0.00000196. The molecule has 27 heavy (non-hydrogen) atoms. The molecule has 4 N–H and O–H groups in total. The van der Waals surface area contributed by atoms with Crippen LogP contribution in [0.2, 0.25) is 0 Å². The Morgan fingerprint density at radius 3 is 2.37 bits per heavy atom. The van der Waals surface area contributed by atoms with Crippen LogP contribution in [0.3, 0.4) is 0 Å². The fourth-order valence-corrected chi connectivity index (χ4v) is 3.45. The second kappa shape index (κ2) is 10.2. The van der Waals surface area contributed by atoms with E-state index in [1.807, 2.05) is 30.3 Å². The first-order valence-electron chi connectivity index (χ1n) is 9.18. The SMILES string of the molecule is O=C(NC1CCCCC1)[C@H](Cc1ccccc1)NC(=O)[C@H]1N[C@@H]1C(=O)O.[H-].[Na+]. The molecule has 0 bridgehead atoms. The Morgan fingerprint density at radius 1 is 1.11 bits per heavy atom. The summed E-state index contributed by atoms with van der Waals surface area (Å²) in [7, 11) is 0. The summed E-state index contributed by atoms with van der Waals surface area (Å²) < 4.78 is 0. The van der Waals surface area contributed by atoms with Crippen LogP contribution in [-0.4, -0.2) is 47.1 Å². The van der Waals surface area contributed by atoms with Crippen molar-refractivity contribution in [2.24, 2.45) is 0 Å². The summed E-state index contributed by atoms with van der Waals surface area (Å²) in [4.78, 5) is 36.0. The molecule has 0 aromatic heterocycles. The Bertz CT molecular complexity index is 670. The van der Waals surface area contributed by atoms with E-state index >= 15 is 0 Å². The fourth-order valence-electron chi connectivity index (χ4n) is 3.45. The molecule has 1 aromatic carbocycles. The largest absolute Gasteiger partial charge is 1.00 e. The van der Waals surface area contributed by atoms with E-state index in [-0.39, 0.29) is 42.9 Å². The minimum absolute atomic E-state index is 0. The minimum Gasteiger partial charge on any atom is -1.00 e. The van der Waals surface area contributed by atoms with E-state index in [9.17, 15) is 14.4 Å². The number of nitrogens with one attached hydrogen (secondary N) is 3. The summed E-state index contributed by atoms with van der Waals surface area (Å²) in [5, 5.41) is 17.3. The predicted octanol–water partition coefficient (Wildman–Crippen LogP) is -2.30. The molecule has 1 aromatic rings. The van der Waals surface area contributed by atoms with Crippen LogP contribution in [-0.2, 0) is 20.8 Å². The molecule has 0 unspecified atom stereocenters. The van der Waals surface area contributed by atoms with E-state index < -0.39 is 30.0 Å². The maximum atomic E-state index is 12.7. The van der Waals surface area contributed by atoms with Gasteiger partial charge in [-0.2, -0.15) is 0 Å². The third kappa shape index (κ3) is 6.31. The van der Waals surface area contributed by atoms with Crippen molar-refractivity contribution >= 4 is 17.8 Å². The Morgan fingerprint density at radius 2 is 1.78 bits per heavy atom. The van der Waals surface area contributed by atoms with Crippen molar-refractivity contribution in [2.45, 2.75) is 62.7 Å². The summed E-state index contributed by atoms with van der Waals surface area (Å²) in [5.41, 5.74) is 0.940. The van der Waals surface area contributed by atoms with Gasteiger partial charge in [0.05, 0.1) is 0 Å². The van der Waals surface area contributed by atoms with Crippen molar-refractivity contribution in [3.05, 3.63) is 35.9 Å². The third-order valence-corrected chi connectivity index (χ3v) is 5.00. The molecule has 2 fully saturated rings. The van der Waals surface area contributed by atoms with E-state index in [2.05, 4.69) is 16.0 Å². The number of carbonyl (C=O) groups excluding carboxylic acids is 2. The monoisotopic (exact) mass is 383 g/mol. The van der Waals surface area contributed by atoms with Gasteiger partial charge in [-0.3, -0.25) is 19.7 Å². The fraction of sp³-hybridized carbons (Fsp3) is 0.526. The molecule has 142 valence electrons. The topological polar surface area (TPSA) is 117 Å². The molecule has 1 saturated heterocycles. The van der Waals surface area contributed by atoms with Gasteiger partial charge >= 0.3 is 35.5 Å². The summed E-state index contributed by atoms with van der Waals surface area (Å²) in [6, 6.07) is 7.27. The number of amides is 2. The number of carboxylic acids is 1. The molecule has 1 aliphatic heterocycles.